The van der Waals surface area contributed by atoms with Crippen molar-refractivity contribution in [1.29, 1.82) is 0 Å². The normalized spacial score (nSPS) is 33.6. The summed E-state index contributed by atoms with van der Waals surface area (Å²) in [7, 11) is 0. The summed E-state index contributed by atoms with van der Waals surface area (Å²) in [6.45, 7) is 0.331. The molecule has 1 saturated heterocycles. The van der Waals surface area contributed by atoms with E-state index in [1.54, 1.807) is 0 Å². The summed E-state index contributed by atoms with van der Waals surface area (Å²) in [5.41, 5.74) is 5.96. The number of hydrogen-bond donors (Lipinski definition) is 4. The second kappa shape index (κ2) is 6.90. The van der Waals surface area contributed by atoms with E-state index in [0.717, 1.165) is 25.7 Å². The lowest BCUT2D eigenvalue weighted by Gasteiger charge is -2.29. The molecule has 0 aromatic carbocycles. The van der Waals surface area contributed by atoms with E-state index in [2.05, 4.69) is 10.6 Å². The van der Waals surface area contributed by atoms with Gasteiger partial charge in [-0.05, 0) is 25.7 Å². The van der Waals surface area contributed by atoms with Crippen molar-refractivity contribution in [2.75, 3.05) is 6.54 Å². The van der Waals surface area contributed by atoms with Crippen LogP contribution in [0.1, 0.15) is 38.5 Å². The van der Waals surface area contributed by atoms with Gasteiger partial charge in [0.2, 0.25) is 0 Å². The fourth-order valence-corrected chi connectivity index (χ4v) is 2.80. The Morgan fingerprint density at radius 2 is 1.95 bits per heavy atom. The Hall–Kier alpha value is -1.34. The topological polar surface area (TPSA) is 114 Å². The van der Waals surface area contributed by atoms with E-state index in [9.17, 15) is 9.59 Å². The maximum absolute atomic E-state index is 11.8. The Morgan fingerprint density at radius 1 is 1.20 bits per heavy atom. The molecular weight excluding hydrogens is 262 g/mol. The van der Waals surface area contributed by atoms with Crippen LogP contribution in [0.2, 0.25) is 0 Å². The first-order valence-corrected chi connectivity index (χ1v) is 7.24. The Balaban J connectivity index is 1.66. The second-order valence-corrected chi connectivity index (χ2v) is 5.57. The fourth-order valence-electron chi connectivity index (χ4n) is 2.80. The third-order valence-corrected chi connectivity index (χ3v) is 4.01. The summed E-state index contributed by atoms with van der Waals surface area (Å²) in [6, 6.07) is -0.205. The van der Waals surface area contributed by atoms with Gasteiger partial charge in [-0.2, -0.15) is 0 Å². The number of hydrogen-bond acceptors (Lipinski definition) is 4. The number of urea groups is 1. The number of nitrogens with two attached hydrogens (primary N) is 1. The van der Waals surface area contributed by atoms with Gasteiger partial charge in [-0.25, -0.2) is 9.59 Å². The molecule has 0 spiro atoms. The highest BCUT2D eigenvalue weighted by atomic mass is 16.5. The third kappa shape index (κ3) is 4.08. The van der Waals surface area contributed by atoms with Crippen LogP contribution in [-0.4, -0.2) is 47.9 Å². The Kier molecular flexibility index (Phi) is 5.19. The van der Waals surface area contributed by atoms with E-state index in [1.807, 2.05) is 0 Å². The zero-order valence-electron chi connectivity index (χ0n) is 11.5. The van der Waals surface area contributed by atoms with Gasteiger partial charge in [0, 0.05) is 18.6 Å². The van der Waals surface area contributed by atoms with Gasteiger partial charge in [0.15, 0.2) is 6.10 Å². The quantitative estimate of drug-likeness (QED) is 0.588. The molecule has 4 atom stereocenters. The molecule has 2 amide bonds. The number of aliphatic carboxylic acids is 1. The van der Waals surface area contributed by atoms with E-state index >= 15 is 0 Å². The van der Waals surface area contributed by atoms with Crippen molar-refractivity contribution in [3.05, 3.63) is 0 Å². The second-order valence-electron chi connectivity index (χ2n) is 5.57. The number of rotatable bonds is 4. The third-order valence-electron chi connectivity index (χ3n) is 4.01. The molecule has 7 heteroatoms. The van der Waals surface area contributed by atoms with Gasteiger partial charge in [0.25, 0.3) is 0 Å². The van der Waals surface area contributed by atoms with E-state index in [1.165, 1.54) is 0 Å². The maximum Gasteiger partial charge on any atom is 0.332 e. The lowest BCUT2D eigenvalue weighted by atomic mass is 9.91. The molecule has 0 aromatic rings. The highest BCUT2D eigenvalue weighted by molar-refractivity contribution is 5.74. The van der Waals surface area contributed by atoms with Crippen LogP contribution in [0.25, 0.3) is 0 Å². The molecule has 1 aliphatic heterocycles. The first kappa shape index (κ1) is 15.1. The summed E-state index contributed by atoms with van der Waals surface area (Å²) in [4.78, 5) is 22.5. The number of carbonyl (C=O) groups is 2. The Labute approximate surface area is 118 Å². The van der Waals surface area contributed by atoms with E-state index in [4.69, 9.17) is 15.6 Å². The summed E-state index contributed by atoms with van der Waals surface area (Å²) in [5.74, 6) is -0.940. The van der Waals surface area contributed by atoms with Crippen LogP contribution in [0.4, 0.5) is 4.79 Å². The molecule has 2 rings (SSSR count). The van der Waals surface area contributed by atoms with Crippen LogP contribution in [0.3, 0.4) is 0 Å². The lowest BCUT2D eigenvalue weighted by molar-refractivity contribution is -0.149. The largest absolute Gasteiger partial charge is 0.479 e. The average Bonchev–Trinajstić information content (AvgIpc) is 2.88. The first-order chi connectivity index (χ1) is 9.56. The zero-order chi connectivity index (χ0) is 14.5. The molecule has 2 fully saturated rings. The number of nitrogens with one attached hydrogen (secondary N) is 2. The molecule has 7 nitrogen and oxygen atoms in total. The van der Waals surface area contributed by atoms with E-state index in [-0.39, 0.29) is 24.2 Å². The van der Waals surface area contributed by atoms with Crippen LogP contribution < -0.4 is 16.4 Å². The molecule has 20 heavy (non-hydrogen) atoms. The summed E-state index contributed by atoms with van der Waals surface area (Å²) in [5, 5.41) is 14.4. The van der Waals surface area contributed by atoms with Crippen LogP contribution in [0.15, 0.2) is 0 Å². The van der Waals surface area contributed by atoms with Gasteiger partial charge in [-0.1, -0.05) is 12.8 Å². The summed E-state index contributed by atoms with van der Waals surface area (Å²) >= 11 is 0. The molecular formula is C13H23N3O4. The fraction of sp³-hybridized carbons (Fsp3) is 0.846. The summed E-state index contributed by atoms with van der Waals surface area (Å²) < 4.78 is 5.32. The number of carbonyl (C=O) groups excluding carboxylic acids is 1. The van der Waals surface area contributed by atoms with E-state index < -0.39 is 12.1 Å². The van der Waals surface area contributed by atoms with Crippen LogP contribution in [-0.2, 0) is 9.53 Å². The van der Waals surface area contributed by atoms with Crippen molar-refractivity contribution in [3.8, 4) is 0 Å². The SMILES string of the molecule is NC1CCCCC1NC(=O)NCC1CCC(C(=O)O)O1. The molecule has 1 heterocycles. The molecule has 1 saturated carbocycles. The van der Waals surface area contributed by atoms with Crippen molar-refractivity contribution >= 4 is 12.0 Å². The maximum atomic E-state index is 11.8. The molecule has 0 bridgehead atoms. The van der Waals surface area contributed by atoms with Crippen LogP contribution >= 0.6 is 0 Å². The summed E-state index contributed by atoms with van der Waals surface area (Å²) in [6.07, 6.45) is 4.25. The van der Waals surface area contributed by atoms with Gasteiger partial charge in [0.05, 0.1) is 6.10 Å². The molecule has 0 radical (unpaired) electrons. The number of carboxylic acids is 1. The smallest absolute Gasteiger partial charge is 0.332 e. The first-order valence-electron chi connectivity index (χ1n) is 7.24. The van der Waals surface area contributed by atoms with Crippen LogP contribution in [0.5, 0.6) is 0 Å². The number of amides is 2. The van der Waals surface area contributed by atoms with Crippen molar-refractivity contribution < 1.29 is 19.4 Å². The van der Waals surface area contributed by atoms with Gasteiger partial charge in [-0.3, -0.25) is 0 Å². The number of carboxylic acid groups (broad SMARTS) is 1. The van der Waals surface area contributed by atoms with Crippen molar-refractivity contribution in [2.45, 2.75) is 62.8 Å². The standard InChI is InChI=1S/C13H23N3O4/c14-9-3-1-2-4-10(9)16-13(19)15-7-8-5-6-11(20-8)12(17)18/h8-11H,1-7,14H2,(H,17,18)(H2,15,16,19). The predicted octanol–water partition coefficient (Wildman–Crippen LogP) is 0.188. The Bertz CT molecular complexity index is 364. The zero-order valence-corrected chi connectivity index (χ0v) is 11.5. The van der Waals surface area contributed by atoms with Gasteiger partial charge in [0.1, 0.15) is 0 Å². The lowest BCUT2D eigenvalue weighted by Crippen LogP contribution is -2.52. The van der Waals surface area contributed by atoms with Crippen molar-refractivity contribution in [2.24, 2.45) is 5.73 Å². The van der Waals surface area contributed by atoms with Crippen molar-refractivity contribution in [3.63, 3.8) is 0 Å². The highest BCUT2D eigenvalue weighted by Gasteiger charge is 2.30. The average molecular weight is 285 g/mol. The molecule has 114 valence electrons. The van der Waals surface area contributed by atoms with Crippen LogP contribution in [0, 0.1) is 0 Å². The molecule has 5 N–H and O–H groups in total. The Morgan fingerprint density at radius 3 is 2.60 bits per heavy atom. The van der Waals surface area contributed by atoms with Gasteiger partial charge >= 0.3 is 12.0 Å². The van der Waals surface area contributed by atoms with E-state index in [0.29, 0.717) is 19.4 Å². The van der Waals surface area contributed by atoms with Gasteiger partial charge in [-0.15, -0.1) is 0 Å². The number of ether oxygens (including phenoxy) is 1. The minimum absolute atomic E-state index is 0.0219. The highest BCUT2D eigenvalue weighted by Crippen LogP contribution is 2.19. The van der Waals surface area contributed by atoms with Crippen molar-refractivity contribution in [1.82, 2.24) is 10.6 Å². The molecule has 0 aromatic heterocycles. The molecule has 4 unspecified atom stereocenters. The molecule has 2 aliphatic rings. The van der Waals surface area contributed by atoms with Gasteiger partial charge < -0.3 is 26.2 Å². The molecule has 1 aliphatic carbocycles. The predicted molar refractivity (Wildman–Crippen MR) is 72.3 cm³/mol. The minimum atomic E-state index is -0.940. The minimum Gasteiger partial charge on any atom is -0.479 e. The monoisotopic (exact) mass is 285 g/mol.